The fourth-order valence-electron chi connectivity index (χ4n) is 2.31. The van der Waals surface area contributed by atoms with Gasteiger partial charge >= 0.3 is 0 Å². The zero-order valence-electron chi connectivity index (χ0n) is 11.1. The normalized spacial score (nSPS) is 18.5. The molecule has 1 atom stereocenters. The van der Waals surface area contributed by atoms with Gasteiger partial charge in [0.1, 0.15) is 0 Å². The average molecular weight is 283 g/mol. The summed E-state index contributed by atoms with van der Waals surface area (Å²) in [6.07, 6.45) is 2.19. The number of amides is 1. The van der Waals surface area contributed by atoms with Crippen LogP contribution in [0.25, 0.3) is 0 Å². The summed E-state index contributed by atoms with van der Waals surface area (Å²) >= 11 is 6.08. The van der Waals surface area contributed by atoms with Gasteiger partial charge in [-0.2, -0.15) is 0 Å². The van der Waals surface area contributed by atoms with E-state index < -0.39 is 0 Å². The van der Waals surface area contributed by atoms with Gasteiger partial charge in [-0.1, -0.05) is 17.7 Å². The molecule has 0 aromatic heterocycles. The lowest BCUT2D eigenvalue weighted by molar-refractivity contribution is 0.0540. The third-order valence-electron chi connectivity index (χ3n) is 3.38. The molecule has 1 saturated heterocycles. The molecule has 1 heterocycles. The van der Waals surface area contributed by atoms with Gasteiger partial charge in [-0.3, -0.25) is 4.79 Å². The van der Waals surface area contributed by atoms with Crippen molar-refractivity contribution >= 4 is 23.2 Å². The number of anilines is 1. The summed E-state index contributed by atoms with van der Waals surface area (Å²) < 4.78 is 5.57. The zero-order valence-corrected chi connectivity index (χ0v) is 11.8. The van der Waals surface area contributed by atoms with E-state index >= 15 is 0 Å². The summed E-state index contributed by atoms with van der Waals surface area (Å²) in [5, 5.41) is 0.399. The molecule has 1 aliphatic heterocycles. The van der Waals surface area contributed by atoms with Gasteiger partial charge in [-0.05, 0) is 31.9 Å². The summed E-state index contributed by atoms with van der Waals surface area (Å²) in [5.74, 6) is -0.124. The summed E-state index contributed by atoms with van der Waals surface area (Å²) in [5.41, 5.74) is 6.67. The van der Waals surface area contributed by atoms with Crippen molar-refractivity contribution in [2.75, 3.05) is 25.4 Å². The molecular weight excluding hydrogens is 264 g/mol. The number of hydrogen-bond acceptors (Lipinski definition) is 3. The van der Waals surface area contributed by atoms with Crippen molar-refractivity contribution in [1.82, 2.24) is 4.90 Å². The lowest BCUT2D eigenvalue weighted by Gasteiger charge is -2.25. The van der Waals surface area contributed by atoms with E-state index in [2.05, 4.69) is 0 Å². The Morgan fingerprint density at radius 1 is 1.58 bits per heavy atom. The molecule has 1 fully saturated rings. The number of carbonyl (C=O) groups is 1. The summed E-state index contributed by atoms with van der Waals surface area (Å²) in [7, 11) is 0. The van der Waals surface area contributed by atoms with Crippen LogP contribution in [-0.2, 0) is 4.74 Å². The first-order valence-corrected chi connectivity index (χ1v) is 6.96. The predicted octanol–water partition coefficient (Wildman–Crippen LogP) is 2.56. The molecule has 2 N–H and O–H groups in total. The molecule has 0 aliphatic carbocycles. The lowest BCUT2D eigenvalue weighted by Crippen LogP contribution is -2.37. The van der Waals surface area contributed by atoms with Crippen LogP contribution in [0.2, 0.25) is 5.02 Å². The van der Waals surface area contributed by atoms with E-state index in [1.165, 1.54) is 0 Å². The molecule has 0 saturated carbocycles. The van der Waals surface area contributed by atoms with Gasteiger partial charge < -0.3 is 15.4 Å². The highest BCUT2D eigenvalue weighted by atomic mass is 35.5. The highest BCUT2D eigenvalue weighted by Gasteiger charge is 2.24. The Hall–Kier alpha value is -1.26. The van der Waals surface area contributed by atoms with E-state index in [9.17, 15) is 4.79 Å². The first-order valence-electron chi connectivity index (χ1n) is 6.58. The van der Waals surface area contributed by atoms with Crippen LogP contribution in [0.4, 0.5) is 5.69 Å². The van der Waals surface area contributed by atoms with Crippen LogP contribution < -0.4 is 5.73 Å². The number of halogens is 1. The summed E-state index contributed by atoms with van der Waals surface area (Å²) in [6, 6.07) is 5.12. The number of benzene rings is 1. The fourth-order valence-corrected chi connectivity index (χ4v) is 2.58. The quantitative estimate of drug-likeness (QED) is 0.864. The third kappa shape index (κ3) is 3.19. The molecule has 5 heteroatoms. The second-order valence-electron chi connectivity index (χ2n) is 4.68. The van der Waals surface area contributed by atoms with Crippen LogP contribution in [0.15, 0.2) is 18.2 Å². The number of ether oxygens (including phenoxy) is 1. The SMILES string of the molecule is CCN(CC1CCCO1)C(=O)c1c(N)cccc1Cl. The lowest BCUT2D eigenvalue weighted by atomic mass is 10.1. The number of rotatable bonds is 4. The molecule has 4 nitrogen and oxygen atoms in total. The van der Waals surface area contributed by atoms with Gasteiger partial charge in [0.15, 0.2) is 0 Å². The molecule has 0 spiro atoms. The summed E-state index contributed by atoms with van der Waals surface area (Å²) in [4.78, 5) is 14.3. The second-order valence-corrected chi connectivity index (χ2v) is 5.09. The zero-order chi connectivity index (χ0) is 13.8. The van der Waals surface area contributed by atoms with Crippen molar-refractivity contribution in [2.24, 2.45) is 0 Å². The molecule has 0 radical (unpaired) electrons. The molecule has 1 aromatic rings. The van der Waals surface area contributed by atoms with Crippen LogP contribution in [0.5, 0.6) is 0 Å². The predicted molar refractivity (Wildman–Crippen MR) is 76.4 cm³/mol. The Kier molecular flexibility index (Phi) is 4.66. The fraction of sp³-hybridized carbons (Fsp3) is 0.500. The van der Waals surface area contributed by atoms with E-state index in [-0.39, 0.29) is 12.0 Å². The maximum absolute atomic E-state index is 12.5. The molecule has 0 bridgehead atoms. The van der Waals surface area contributed by atoms with Gasteiger partial charge in [0.2, 0.25) is 0 Å². The minimum absolute atomic E-state index is 0.124. The number of nitrogens with two attached hydrogens (primary N) is 1. The molecule has 104 valence electrons. The van der Waals surface area contributed by atoms with Crippen molar-refractivity contribution < 1.29 is 9.53 Å². The Balaban J connectivity index is 2.15. The van der Waals surface area contributed by atoms with Gasteiger partial charge in [0.05, 0.1) is 16.7 Å². The van der Waals surface area contributed by atoms with Gasteiger partial charge in [0.25, 0.3) is 5.91 Å². The van der Waals surface area contributed by atoms with E-state index in [0.29, 0.717) is 29.4 Å². The maximum Gasteiger partial charge on any atom is 0.257 e. The topological polar surface area (TPSA) is 55.6 Å². The van der Waals surface area contributed by atoms with Crippen molar-refractivity contribution in [3.05, 3.63) is 28.8 Å². The second kappa shape index (κ2) is 6.26. The van der Waals surface area contributed by atoms with E-state index in [1.54, 1.807) is 23.1 Å². The number of nitrogens with zero attached hydrogens (tertiary/aromatic N) is 1. The molecule has 2 rings (SSSR count). The Morgan fingerprint density at radius 2 is 2.37 bits per heavy atom. The average Bonchev–Trinajstić information content (AvgIpc) is 2.88. The molecular formula is C14H19ClN2O2. The van der Waals surface area contributed by atoms with Crippen molar-refractivity contribution in [1.29, 1.82) is 0 Å². The number of nitrogen functional groups attached to an aromatic ring is 1. The smallest absolute Gasteiger partial charge is 0.257 e. The van der Waals surface area contributed by atoms with Crippen LogP contribution in [0.1, 0.15) is 30.1 Å². The van der Waals surface area contributed by atoms with Crippen molar-refractivity contribution in [3.8, 4) is 0 Å². The van der Waals surface area contributed by atoms with Crippen LogP contribution in [0.3, 0.4) is 0 Å². The minimum atomic E-state index is -0.124. The first-order chi connectivity index (χ1) is 9.13. The first kappa shape index (κ1) is 14.2. The maximum atomic E-state index is 12.5. The minimum Gasteiger partial charge on any atom is -0.398 e. The molecule has 1 aromatic carbocycles. The standard InChI is InChI=1S/C14H19ClN2O2/c1-2-17(9-10-5-4-8-19-10)14(18)13-11(15)6-3-7-12(13)16/h3,6-7,10H,2,4-5,8-9,16H2,1H3. The van der Waals surface area contributed by atoms with Crippen molar-refractivity contribution in [2.45, 2.75) is 25.9 Å². The van der Waals surface area contributed by atoms with E-state index in [4.69, 9.17) is 22.1 Å². The number of likely N-dealkylation sites (N-methyl/N-ethyl adjacent to an activating group) is 1. The van der Waals surface area contributed by atoms with E-state index in [1.807, 2.05) is 6.92 Å². The highest BCUT2D eigenvalue weighted by Crippen LogP contribution is 2.24. The third-order valence-corrected chi connectivity index (χ3v) is 3.69. The number of hydrogen-bond donors (Lipinski definition) is 1. The molecule has 1 aliphatic rings. The molecule has 1 unspecified atom stereocenters. The Labute approximate surface area is 118 Å². The molecule has 19 heavy (non-hydrogen) atoms. The monoisotopic (exact) mass is 282 g/mol. The van der Waals surface area contributed by atoms with Gasteiger partial charge in [-0.15, -0.1) is 0 Å². The Morgan fingerprint density at radius 3 is 2.95 bits per heavy atom. The number of carbonyl (C=O) groups excluding carboxylic acids is 1. The van der Waals surface area contributed by atoms with E-state index in [0.717, 1.165) is 19.4 Å². The van der Waals surface area contributed by atoms with Crippen molar-refractivity contribution in [3.63, 3.8) is 0 Å². The molecule has 1 amide bonds. The van der Waals surface area contributed by atoms with Crippen LogP contribution in [-0.4, -0.2) is 36.6 Å². The van der Waals surface area contributed by atoms with Gasteiger partial charge in [-0.25, -0.2) is 0 Å². The largest absolute Gasteiger partial charge is 0.398 e. The van der Waals surface area contributed by atoms with Crippen LogP contribution >= 0.6 is 11.6 Å². The van der Waals surface area contributed by atoms with Crippen LogP contribution in [0, 0.1) is 0 Å². The highest BCUT2D eigenvalue weighted by molar-refractivity contribution is 6.34. The summed E-state index contributed by atoms with van der Waals surface area (Å²) in [6.45, 7) is 3.94. The van der Waals surface area contributed by atoms with Gasteiger partial charge in [0, 0.05) is 25.4 Å². The Bertz CT molecular complexity index is 439.